The van der Waals surface area contributed by atoms with Gasteiger partial charge in [-0.1, -0.05) is 6.92 Å². The highest BCUT2D eigenvalue weighted by Gasteiger charge is 2.03. The lowest BCUT2D eigenvalue weighted by Gasteiger charge is -2.10. The fraction of sp³-hybridized carbons (Fsp3) is 0.750. The molecule has 0 N–H and O–H groups in total. The van der Waals surface area contributed by atoms with Crippen LogP contribution in [-0.4, -0.2) is 18.5 Å². The normalized spacial score (nSPS) is 9.09. The Morgan fingerprint density at radius 1 is 1.09 bits per heavy atom. The minimum Gasteiger partial charge on any atom is -0.198 e. The van der Waals surface area contributed by atoms with Crippen LogP contribution in [0, 0.1) is 22.7 Å². The van der Waals surface area contributed by atoms with Crippen LogP contribution in [0.2, 0.25) is 0 Å². The van der Waals surface area contributed by atoms with E-state index in [2.05, 4.69) is 19.1 Å². The minimum atomic E-state index is -0.0152. The van der Waals surface area contributed by atoms with Crippen LogP contribution in [0.25, 0.3) is 0 Å². The van der Waals surface area contributed by atoms with Gasteiger partial charge in [0.1, 0.15) is 0 Å². The topological polar surface area (TPSA) is 47.6 Å². The molecule has 0 aromatic carbocycles. The van der Waals surface area contributed by atoms with Crippen LogP contribution in [0.1, 0.15) is 19.8 Å². The average molecular weight is 168 g/mol. The summed E-state index contributed by atoms with van der Waals surface area (Å²) in [6, 6.07) is 4.28. The van der Waals surface area contributed by atoms with Crippen molar-refractivity contribution < 1.29 is 0 Å². The summed E-state index contributed by atoms with van der Waals surface area (Å²) in [6.07, 6.45) is 4.50. The van der Waals surface area contributed by atoms with Gasteiger partial charge >= 0.3 is 0 Å². The Hall–Kier alpha value is -0.590. The smallest absolute Gasteiger partial charge is 0.0625 e. The van der Waals surface area contributed by atoms with Crippen LogP contribution in [0.4, 0.5) is 0 Å². The van der Waals surface area contributed by atoms with Gasteiger partial charge in [0.15, 0.2) is 0 Å². The van der Waals surface area contributed by atoms with Crippen molar-refractivity contribution in [1.82, 2.24) is 0 Å². The molecule has 0 rings (SSSR count). The molecule has 3 heteroatoms. The molecular formula is C8H13N2P. The van der Waals surface area contributed by atoms with Crippen molar-refractivity contribution in [3.8, 4) is 12.1 Å². The molecule has 0 radical (unpaired) electrons. The van der Waals surface area contributed by atoms with Crippen LogP contribution in [-0.2, 0) is 0 Å². The maximum Gasteiger partial charge on any atom is 0.0625 e. The van der Waals surface area contributed by atoms with Crippen LogP contribution in [0.5, 0.6) is 0 Å². The maximum absolute atomic E-state index is 8.33. The lowest BCUT2D eigenvalue weighted by Crippen LogP contribution is -1.91. The summed E-state index contributed by atoms with van der Waals surface area (Å²) in [6.45, 7) is 2.14. The Morgan fingerprint density at radius 2 is 1.55 bits per heavy atom. The van der Waals surface area contributed by atoms with Gasteiger partial charge < -0.3 is 0 Å². The van der Waals surface area contributed by atoms with Crippen molar-refractivity contribution in [1.29, 1.82) is 10.5 Å². The van der Waals surface area contributed by atoms with Gasteiger partial charge in [0.25, 0.3) is 0 Å². The average Bonchev–Trinajstić information content (AvgIpc) is 2.05. The van der Waals surface area contributed by atoms with E-state index in [-0.39, 0.29) is 7.92 Å². The van der Waals surface area contributed by atoms with E-state index < -0.39 is 0 Å². The molecule has 0 unspecified atom stereocenters. The quantitative estimate of drug-likeness (QED) is 0.591. The number of nitriles is 2. The van der Waals surface area contributed by atoms with Gasteiger partial charge in [0.05, 0.1) is 12.1 Å². The van der Waals surface area contributed by atoms with Crippen molar-refractivity contribution in [2.24, 2.45) is 0 Å². The highest BCUT2D eigenvalue weighted by molar-refractivity contribution is 7.57. The highest BCUT2D eigenvalue weighted by Crippen LogP contribution is 2.35. The molecule has 0 aliphatic rings. The van der Waals surface area contributed by atoms with Crippen LogP contribution in [0.3, 0.4) is 0 Å². The summed E-state index contributed by atoms with van der Waals surface area (Å²) in [5.41, 5.74) is 0. The van der Waals surface area contributed by atoms with Crippen molar-refractivity contribution >= 4 is 7.92 Å². The molecule has 0 aliphatic carbocycles. The molecule has 11 heavy (non-hydrogen) atoms. The second-order valence-electron chi connectivity index (χ2n) is 2.25. The molecule has 0 atom stereocenters. The molecular weight excluding hydrogens is 155 g/mol. The first-order valence-electron chi connectivity index (χ1n) is 3.81. The molecule has 0 aromatic rings. The molecule has 0 aliphatic heterocycles. The largest absolute Gasteiger partial charge is 0.198 e. The van der Waals surface area contributed by atoms with Crippen molar-refractivity contribution in [2.45, 2.75) is 19.8 Å². The third-order valence-corrected chi connectivity index (χ3v) is 4.13. The monoisotopic (exact) mass is 168 g/mol. The first kappa shape index (κ1) is 10.4. The second kappa shape index (κ2) is 7.52. The number of hydrogen-bond donors (Lipinski definition) is 0. The summed E-state index contributed by atoms with van der Waals surface area (Å²) in [5.74, 6) is 0. The number of hydrogen-bond acceptors (Lipinski definition) is 2. The summed E-state index contributed by atoms with van der Waals surface area (Å²) in [7, 11) is -0.0152. The second-order valence-corrected chi connectivity index (χ2v) is 5.12. The van der Waals surface area contributed by atoms with Gasteiger partial charge in [-0.3, -0.25) is 0 Å². The molecule has 2 nitrogen and oxygen atoms in total. The van der Waals surface area contributed by atoms with E-state index in [0.29, 0.717) is 12.8 Å². The van der Waals surface area contributed by atoms with Gasteiger partial charge in [0.2, 0.25) is 0 Å². The van der Waals surface area contributed by atoms with Gasteiger partial charge in [-0.25, -0.2) is 0 Å². The van der Waals surface area contributed by atoms with E-state index in [1.807, 2.05) is 0 Å². The lowest BCUT2D eigenvalue weighted by molar-refractivity contribution is 1.17. The number of rotatable bonds is 5. The third kappa shape index (κ3) is 5.84. The van der Waals surface area contributed by atoms with Crippen molar-refractivity contribution in [3.63, 3.8) is 0 Å². The van der Waals surface area contributed by atoms with Gasteiger partial charge in [-0.2, -0.15) is 10.5 Å². The molecule has 0 aromatic heterocycles. The highest BCUT2D eigenvalue weighted by atomic mass is 31.1. The van der Waals surface area contributed by atoms with Gasteiger partial charge in [-0.15, -0.1) is 7.92 Å². The van der Waals surface area contributed by atoms with E-state index in [9.17, 15) is 0 Å². The summed E-state index contributed by atoms with van der Waals surface area (Å²) in [4.78, 5) is 0. The fourth-order valence-corrected chi connectivity index (χ4v) is 2.53. The van der Waals surface area contributed by atoms with E-state index in [1.165, 1.54) is 0 Å². The zero-order valence-electron chi connectivity index (χ0n) is 6.88. The minimum absolute atomic E-state index is 0.0152. The van der Waals surface area contributed by atoms with E-state index in [1.54, 1.807) is 0 Å². The molecule has 0 amide bonds. The number of nitrogens with zero attached hydrogens (tertiary/aromatic N) is 2. The first-order chi connectivity index (χ1) is 5.35. The van der Waals surface area contributed by atoms with Gasteiger partial charge in [0, 0.05) is 12.8 Å². The van der Waals surface area contributed by atoms with Gasteiger partial charge in [-0.05, 0) is 18.5 Å². The third-order valence-electron chi connectivity index (χ3n) is 1.53. The molecule has 0 fully saturated rings. The lowest BCUT2D eigenvalue weighted by atomic mass is 10.5. The van der Waals surface area contributed by atoms with E-state index >= 15 is 0 Å². The summed E-state index contributed by atoms with van der Waals surface area (Å²) in [5, 5.41) is 16.7. The van der Waals surface area contributed by atoms with Crippen molar-refractivity contribution in [3.05, 3.63) is 0 Å². The molecule has 0 heterocycles. The summed E-state index contributed by atoms with van der Waals surface area (Å²) < 4.78 is 0. The standard InChI is InChI=1S/C8H13N2P/c1-2-11(7-3-5-9)8-4-6-10/h2-4,7-8H2,1H3. The molecule has 0 spiro atoms. The molecule has 0 bridgehead atoms. The Kier molecular flexibility index (Phi) is 7.11. The van der Waals surface area contributed by atoms with E-state index in [4.69, 9.17) is 10.5 Å². The molecule has 0 saturated carbocycles. The Balaban J connectivity index is 3.44. The predicted molar refractivity (Wildman–Crippen MR) is 47.7 cm³/mol. The summed E-state index contributed by atoms with van der Waals surface area (Å²) >= 11 is 0. The van der Waals surface area contributed by atoms with E-state index in [0.717, 1.165) is 18.5 Å². The predicted octanol–water partition coefficient (Wildman–Crippen LogP) is 2.32. The molecule has 0 saturated heterocycles. The molecule has 60 valence electrons. The SMILES string of the molecule is CCP(CCC#N)CCC#N. The van der Waals surface area contributed by atoms with Crippen LogP contribution < -0.4 is 0 Å². The Bertz CT molecular complexity index is 148. The van der Waals surface area contributed by atoms with Crippen molar-refractivity contribution in [2.75, 3.05) is 18.5 Å². The Morgan fingerprint density at radius 3 is 1.82 bits per heavy atom. The maximum atomic E-state index is 8.33. The zero-order valence-corrected chi connectivity index (χ0v) is 7.77. The fourth-order valence-electron chi connectivity index (χ4n) is 0.844. The Labute approximate surface area is 69.6 Å². The zero-order chi connectivity index (χ0) is 8.53. The van der Waals surface area contributed by atoms with Crippen LogP contribution >= 0.6 is 7.92 Å². The first-order valence-corrected chi connectivity index (χ1v) is 5.71. The van der Waals surface area contributed by atoms with Crippen LogP contribution in [0.15, 0.2) is 0 Å².